The summed E-state index contributed by atoms with van der Waals surface area (Å²) in [4.78, 5) is 12.3. The maximum absolute atomic E-state index is 11.9. The number of nitro groups is 1. The monoisotopic (exact) mass is 352 g/mol. The number of nitro benzene ring substituents is 1. The Hall–Kier alpha value is -2.39. The molecule has 0 bridgehead atoms. The van der Waals surface area contributed by atoms with Crippen LogP contribution in [0.1, 0.15) is 11.9 Å². The molecule has 0 amide bonds. The van der Waals surface area contributed by atoms with Crippen molar-refractivity contribution >= 4 is 21.2 Å². The molecule has 0 radical (unpaired) electrons. The Labute approximate surface area is 138 Å². The first-order valence-electron chi connectivity index (χ1n) is 7.25. The molecule has 1 unspecified atom stereocenters. The molecule has 0 spiro atoms. The molecule has 1 atom stereocenters. The van der Waals surface area contributed by atoms with Crippen LogP contribution in [0.15, 0.2) is 45.9 Å². The van der Waals surface area contributed by atoms with Gasteiger partial charge in [0.1, 0.15) is 22.4 Å². The maximum atomic E-state index is 11.9. The van der Waals surface area contributed by atoms with Crippen molar-refractivity contribution in [2.75, 3.05) is 30.9 Å². The molecule has 1 aromatic heterocycles. The van der Waals surface area contributed by atoms with Gasteiger partial charge in [0, 0.05) is 12.8 Å². The SMILES string of the molecule is CS(=O)(=O)c1cccc(N2CCOC(c3ccco3)C2)c1[N+](=O)[O-]. The van der Waals surface area contributed by atoms with E-state index in [1.165, 1.54) is 18.4 Å². The van der Waals surface area contributed by atoms with Gasteiger partial charge in [-0.1, -0.05) is 6.07 Å². The third-order valence-corrected chi connectivity index (χ3v) is 4.96. The topological polar surface area (TPSA) is 103 Å². The highest BCUT2D eigenvalue weighted by Gasteiger charge is 2.32. The fourth-order valence-corrected chi connectivity index (χ4v) is 3.62. The van der Waals surface area contributed by atoms with Crippen LogP contribution in [0.5, 0.6) is 0 Å². The summed E-state index contributed by atoms with van der Waals surface area (Å²) in [6, 6.07) is 7.83. The maximum Gasteiger partial charge on any atom is 0.311 e. The molecular formula is C15H16N2O6S. The zero-order chi connectivity index (χ0) is 17.3. The first-order valence-corrected chi connectivity index (χ1v) is 9.14. The lowest BCUT2D eigenvalue weighted by molar-refractivity contribution is -0.387. The summed E-state index contributed by atoms with van der Waals surface area (Å²) in [7, 11) is -3.71. The van der Waals surface area contributed by atoms with Crippen LogP contribution in [0.2, 0.25) is 0 Å². The highest BCUT2D eigenvalue weighted by Crippen LogP contribution is 2.37. The van der Waals surface area contributed by atoms with Gasteiger partial charge in [-0.05, 0) is 24.3 Å². The number of hydrogen-bond acceptors (Lipinski definition) is 7. The summed E-state index contributed by atoms with van der Waals surface area (Å²) in [6.07, 6.45) is 2.13. The van der Waals surface area contributed by atoms with E-state index in [0.717, 1.165) is 6.26 Å². The van der Waals surface area contributed by atoms with Gasteiger partial charge in [0.2, 0.25) is 0 Å². The smallest absolute Gasteiger partial charge is 0.311 e. The number of sulfone groups is 1. The first kappa shape index (κ1) is 16.5. The van der Waals surface area contributed by atoms with E-state index >= 15 is 0 Å². The summed E-state index contributed by atoms with van der Waals surface area (Å²) in [5.74, 6) is 0.627. The number of hydrogen-bond donors (Lipinski definition) is 0. The Balaban J connectivity index is 2.01. The van der Waals surface area contributed by atoms with Gasteiger partial charge < -0.3 is 14.1 Å². The predicted octanol–water partition coefficient (Wildman–Crippen LogP) is 2.17. The van der Waals surface area contributed by atoms with Crippen LogP contribution in [0, 0.1) is 10.1 Å². The molecule has 3 rings (SSSR count). The number of furan rings is 1. The molecule has 24 heavy (non-hydrogen) atoms. The lowest BCUT2D eigenvalue weighted by Gasteiger charge is -2.33. The van der Waals surface area contributed by atoms with Crippen molar-refractivity contribution in [1.82, 2.24) is 0 Å². The summed E-state index contributed by atoms with van der Waals surface area (Å²) in [5.41, 5.74) is -0.136. The molecule has 1 saturated heterocycles. The molecular weight excluding hydrogens is 336 g/mol. The van der Waals surface area contributed by atoms with Crippen molar-refractivity contribution in [1.29, 1.82) is 0 Å². The summed E-state index contributed by atoms with van der Waals surface area (Å²) >= 11 is 0. The number of nitrogens with zero attached hydrogens (tertiary/aromatic N) is 2. The van der Waals surface area contributed by atoms with Crippen LogP contribution in [0.3, 0.4) is 0 Å². The van der Waals surface area contributed by atoms with Gasteiger partial charge in [0.15, 0.2) is 9.84 Å². The zero-order valence-electron chi connectivity index (χ0n) is 12.9. The van der Waals surface area contributed by atoms with Gasteiger partial charge in [0.05, 0.1) is 24.3 Å². The molecule has 1 aliphatic rings. The van der Waals surface area contributed by atoms with Gasteiger partial charge in [-0.2, -0.15) is 0 Å². The van der Waals surface area contributed by atoms with E-state index < -0.39 is 20.4 Å². The van der Waals surface area contributed by atoms with Gasteiger partial charge in [0.25, 0.3) is 0 Å². The molecule has 0 aliphatic carbocycles. The quantitative estimate of drug-likeness (QED) is 0.613. The molecule has 128 valence electrons. The Morgan fingerprint density at radius 3 is 2.71 bits per heavy atom. The standard InChI is InChI=1S/C15H16N2O6S/c1-24(20,21)14-6-2-4-11(15(14)17(18)19)16-7-9-23-13(10-16)12-5-3-8-22-12/h2-6,8,13H,7,9-10H2,1H3. The van der Waals surface area contributed by atoms with Crippen LogP contribution < -0.4 is 4.90 Å². The fourth-order valence-electron chi connectivity index (χ4n) is 2.76. The second-order valence-electron chi connectivity index (χ2n) is 5.47. The molecule has 1 aromatic carbocycles. The van der Waals surface area contributed by atoms with Crippen LogP contribution in [-0.4, -0.2) is 39.3 Å². The molecule has 9 heteroatoms. The Morgan fingerprint density at radius 1 is 1.29 bits per heavy atom. The Bertz CT molecular complexity index is 847. The van der Waals surface area contributed by atoms with Crippen LogP contribution in [0.25, 0.3) is 0 Å². The number of benzene rings is 1. The van der Waals surface area contributed by atoms with Crippen LogP contribution in [0.4, 0.5) is 11.4 Å². The van der Waals surface area contributed by atoms with Crippen molar-refractivity contribution in [2.45, 2.75) is 11.0 Å². The number of morpholine rings is 1. The van der Waals surface area contributed by atoms with E-state index in [-0.39, 0.29) is 16.7 Å². The minimum Gasteiger partial charge on any atom is -0.467 e. The molecule has 2 aromatic rings. The minimum absolute atomic E-state index is 0.266. The van der Waals surface area contributed by atoms with E-state index in [1.807, 2.05) is 0 Å². The van der Waals surface area contributed by atoms with Crippen molar-refractivity contribution in [3.8, 4) is 0 Å². The van der Waals surface area contributed by atoms with E-state index in [2.05, 4.69) is 0 Å². The second kappa shape index (κ2) is 6.25. The number of ether oxygens (including phenoxy) is 1. The van der Waals surface area contributed by atoms with Gasteiger partial charge in [-0.3, -0.25) is 10.1 Å². The van der Waals surface area contributed by atoms with E-state index in [4.69, 9.17) is 9.15 Å². The molecule has 0 saturated carbocycles. The summed E-state index contributed by atoms with van der Waals surface area (Å²) in [5, 5.41) is 11.5. The third-order valence-electron chi connectivity index (χ3n) is 3.83. The zero-order valence-corrected chi connectivity index (χ0v) is 13.7. The molecule has 0 N–H and O–H groups in total. The lowest BCUT2D eigenvalue weighted by Crippen LogP contribution is -2.38. The van der Waals surface area contributed by atoms with Gasteiger partial charge >= 0.3 is 5.69 Å². The Kier molecular flexibility index (Phi) is 4.29. The first-order chi connectivity index (χ1) is 11.4. The number of para-hydroxylation sites is 1. The van der Waals surface area contributed by atoms with E-state index in [1.54, 1.807) is 23.1 Å². The highest BCUT2D eigenvalue weighted by molar-refractivity contribution is 7.90. The normalized spacial score (nSPS) is 18.5. The van der Waals surface area contributed by atoms with Crippen molar-refractivity contribution in [3.05, 3.63) is 52.5 Å². The number of rotatable bonds is 4. The number of anilines is 1. The summed E-state index contributed by atoms with van der Waals surface area (Å²) in [6.45, 7) is 1.11. The van der Waals surface area contributed by atoms with Gasteiger partial charge in [-0.15, -0.1) is 0 Å². The molecule has 1 fully saturated rings. The molecule has 1 aliphatic heterocycles. The second-order valence-corrected chi connectivity index (χ2v) is 7.46. The van der Waals surface area contributed by atoms with Crippen molar-refractivity contribution in [2.24, 2.45) is 0 Å². The van der Waals surface area contributed by atoms with E-state index in [0.29, 0.717) is 25.5 Å². The lowest BCUT2D eigenvalue weighted by atomic mass is 10.1. The average molecular weight is 352 g/mol. The van der Waals surface area contributed by atoms with Crippen molar-refractivity contribution in [3.63, 3.8) is 0 Å². The van der Waals surface area contributed by atoms with E-state index in [9.17, 15) is 18.5 Å². The minimum atomic E-state index is -3.71. The molecule has 8 nitrogen and oxygen atoms in total. The average Bonchev–Trinajstić information content (AvgIpc) is 3.08. The van der Waals surface area contributed by atoms with Gasteiger partial charge in [-0.25, -0.2) is 8.42 Å². The fraction of sp³-hybridized carbons (Fsp3) is 0.333. The predicted molar refractivity (Wildman–Crippen MR) is 85.8 cm³/mol. The van der Waals surface area contributed by atoms with Crippen LogP contribution >= 0.6 is 0 Å². The largest absolute Gasteiger partial charge is 0.467 e. The third kappa shape index (κ3) is 3.13. The van der Waals surface area contributed by atoms with Crippen LogP contribution in [-0.2, 0) is 14.6 Å². The highest BCUT2D eigenvalue weighted by atomic mass is 32.2. The summed E-state index contributed by atoms with van der Waals surface area (Å²) < 4.78 is 34.7. The Morgan fingerprint density at radius 2 is 2.08 bits per heavy atom. The van der Waals surface area contributed by atoms with Crippen molar-refractivity contribution < 1.29 is 22.5 Å². The molecule has 2 heterocycles.